The second-order valence-corrected chi connectivity index (χ2v) is 5.03. The number of furan rings is 1. The molecule has 4 nitrogen and oxygen atoms in total. The molecule has 1 aromatic carbocycles. The Morgan fingerprint density at radius 3 is 2.95 bits per heavy atom. The third-order valence-electron chi connectivity index (χ3n) is 2.77. The van der Waals surface area contributed by atoms with Crippen LogP contribution in [0.4, 0.5) is 0 Å². The van der Waals surface area contributed by atoms with E-state index in [9.17, 15) is 5.11 Å². The molecule has 0 aliphatic carbocycles. The molecule has 0 spiro atoms. The summed E-state index contributed by atoms with van der Waals surface area (Å²) in [6.07, 6.45) is 0.906. The molecule has 0 aliphatic rings. The maximum absolute atomic E-state index is 9.87. The minimum Gasteiger partial charge on any atom is -0.496 e. The lowest BCUT2D eigenvalue weighted by atomic mass is 10.2. The van der Waals surface area contributed by atoms with Gasteiger partial charge < -0.3 is 19.6 Å². The zero-order chi connectivity index (χ0) is 13.7. The molecule has 0 bridgehead atoms. The number of ether oxygens (including phenoxy) is 1. The zero-order valence-corrected chi connectivity index (χ0v) is 12.2. The molecule has 5 heteroatoms. The number of aliphatic hydroxyl groups is 1. The highest BCUT2D eigenvalue weighted by atomic mass is 79.9. The Kier molecular flexibility index (Phi) is 5.01. The van der Waals surface area contributed by atoms with E-state index in [1.165, 1.54) is 0 Å². The Morgan fingerprint density at radius 2 is 2.26 bits per heavy atom. The van der Waals surface area contributed by atoms with E-state index >= 15 is 0 Å². The van der Waals surface area contributed by atoms with Crippen molar-refractivity contribution in [1.29, 1.82) is 0 Å². The molecule has 2 rings (SSSR count). The monoisotopic (exact) mass is 325 g/mol. The van der Waals surface area contributed by atoms with Gasteiger partial charge in [-0.25, -0.2) is 0 Å². The van der Waals surface area contributed by atoms with E-state index in [2.05, 4.69) is 21.2 Å². The van der Waals surface area contributed by atoms with Crippen LogP contribution < -0.4 is 10.1 Å². The highest BCUT2D eigenvalue weighted by molar-refractivity contribution is 9.10. The smallest absolute Gasteiger partial charge is 0.133 e. The van der Waals surface area contributed by atoms with Crippen LogP contribution >= 0.6 is 15.9 Å². The maximum atomic E-state index is 9.87. The Labute approximate surface area is 120 Å². The Bertz CT molecular complexity index is 513. The summed E-state index contributed by atoms with van der Waals surface area (Å²) >= 11 is 3.43. The van der Waals surface area contributed by atoms with E-state index in [1.54, 1.807) is 25.5 Å². The summed E-state index contributed by atoms with van der Waals surface area (Å²) in [6.45, 7) is 1.03. The van der Waals surface area contributed by atoms with Gasteiger partial charge in [-0.05, 0) is 30.3 Å². The largest absolute Gasteiger partial charge is 0.496 e. The third kappa shape index (κ3) is 3.83. The Morgan fingerprint density at radius 1 is 1.42 bits per heavy atom. The fourth-order valence-electron chi connectivity index (χ4n) is 1.81. The Hall–Kier alpha value is -1.30. The van der Waals surface area contributed by atoms with Gasteiger partial charge in [0.1, 0.15) is 17.6 Å². The highest BCUT2D eigenvalue weighted by Crippen LogP contribution is 2.23. The van der Waals surface area contributed by atoms with Crippen molar-refractivity contribution in [2.45, 2.75) is 12.6 Å². The van der Waals surface area contributed by atoms with E-state index in [4.69, 9.17) is 9.15 Å². The molecule has 0 aliphatic heterocycles. The lowest BCUT2D eigenvalue weighted by Crippen LogP contribution is -2.21. The van der Waals surface area contributed by atoms with Crippen LogP contribution in [0.25, 0.3) is 0 Å². The molecule has 2 aromatic rings. The van der Waals surface area contributed by atoms with E-state index < -0.39 is 6.10 Å². The molecule has 2 N–H and O–H groups in total. The first-order valence-corrected chi connectivity index (χ1v) is 6.74. The van der Waals surface area contributed by atoms with Crippen LogP contribution in [0, 0.1) is 0 Å². The van der Waals surface area contributed by atoms with Crippen molar-refractivity contribution in [1.82, 2.24) is 5.32 Å². The molecule has 0 saturated heterocycles. The van der Waals surface area contributed by atoms with Gasteiger partial charge in [0, 0.05) is 23.1 Å². The van der Waals surface area contributed by atoms with Crippen LogP contribution in [0.5, 0.6) is 5.75 Å². The standard InChI is InChI=1S/C14H16BrNO3/c1-18-13-5-4-11(15)7-10(13)8-16-9-12(17)14-3-2-6-19-14/h2-7,12,16-17H,8-9H2,1H3. The summed E-state index contributed by atoms with van der Waals surface area (Å²) in [4.78, 5) is 0. The minimum absolute atomic E-state index is 0.420. The summed E-state index contributed by atoms with van der Waals surface area (Å²) in [5.74, 6) is 1.39. The first kappa shape index (κ1) is 14.1. The summed E-state index contributed by atoms with van der Waals surface area (Å²) < 4.78 is 11.4. The van der Waals surface area contributed by atoms with Crippen LogP contribution in [-0.4, -0.2) is 18.8 Å². The summed E-state index contributed by atoms with van der Waals surface area (Å²) in [5.41, 5.74) is 1.03. The number of methoxy groups -OCH3 is 1. The molecular formula is C14H16BrNO3. The molecule has 1 atom stereocenters. The molecule has 1 aromatic heterocycles. The number of benzene rings is 1. The predicted molar refractivity (Wildman–Crippen MR) is 76.1 cm³/mol. The van der Waals surface area contributed by atoms with Gasteiger partial charge in [0.05, 0.1) is 13.4 Å². The average molecular weight is 326 g/mol. The number of nitrogens with one attached hydrogen (secondary N) is 1. The van der Waals surface area contributed by atoms with Crippen molar-refractivity contribution in [2.24, 2.45) is 0 Å². The van der Waals surface area contributed by atoms with E-state index in [0.29, 0.717) is 18.8 Å². The van der Waals surface area contributed by atoms with Crippen LogP contribution in [-0.2, 0) is 6.54 Å². The van der Waals surface area contributed by atoms with Crippen molar-refractivity contribution in [2.75, 3.05) is 13.7 Å². The van der Waals surface area contributed by atoms with Crippen molar-refractivity contribution < 1.29 is 14.3 Å². The van der Waals surface area contributed by atoms with Crippen molar-refractivity contribution in [3.05, 3.63) is 52.4 Å². The lowest BCUT2D eigenvalue weighted by Gasteiger charge is -2.12. The molecule has 0 radical (unpaired) electrons. The zero-order valence-electron chi connectivity index (χ0n) is 10.6. The second kappa shape index (κ2) is 6.75. The van der Waals surface area contributed by atoms with Gasteiger partial charge in [0.15, 0.2) is 0 Å². The third-order valence-corrected chi connectivity index (χ3v) is 3.26. The first-order valence-electron chi connectivity index (χ1n) is 5.95. The van der Waals surface area contributed by atoms with Crippen LogP contribution in [0.1, 0.15) is 17.4 Å². The fraction of sp³-hybridized carbons (Fsp3) is 0.286. The van der Waals surface area contributed by atoms with Gasteiger partial charge in [0.25, 0.3) is 0 Å². The number of rotatable bonds is 6. The molecule has 0 amide bonds. The molecule has 1 heterocycles. The second-order valence-electron chi connectivity index (χ2n) is 4.12. The quantitative estimate of drug-likeness (QED) is 0.857. The van der Waals surface area contributed by atoms with Crippen LogP contribution in [0.2, 0.25) is 0 Å². The molecule has 19 heavy (non-hydrogen) atoms. The molecule has 1 unspecified atom stereocenters. The topological polar surface area (TPSA) is 54.6 Å². The van der Waals surface area contributed by atoms with Gasteiger partial charge in [-0.1, -0.05) is 15.9 Å². The molecular weight excluding hydrogens is 310 g/mol. The number of halogens is 1. The fourth-order valence-corrected chi connectivity index (χ4v) is 2.22. The van der Waals surface area contributed by atoms with Crippen molar-refractivity contribution in [3.63, 3.8) is 0 Å². The highest BCUT2D eigenvalue weighted by Gasteiger charge is 2.10. The number of hydrogen-bond acceptors (Lipinski definition) is 4. The summed E-state index contributed by atoms with van der Waals surface area (Å²) in [7, 11) is 1.64. The number of hydrogen-bond donors (Lipinski definition) is 2. The molecule has 102 valence electrons. The lowest BCUT2D eigenvalue weighted by molar-refractivity contribution is 0.147. The van der Waals surface area contributed by atoms with Crippen LogP contribution in [0.3, 0.4) is 0 Å². The average Bonchev–Trinajstić information content (AvgIpc) is 2.93. The number of aliphatic hydroxyl groups excluding tert-OH is 1. The van der Waals surface area contributed by atoms with E-state index in [-0.39, 0.29) is 0 Å². The predicted octanol–water partition coefficient (Wildman–Crippen LogP) is 2.87. The van der Waals surface area contributed by atoms with Gasteiger partial charge >= 0.3 is 0 Å². The SMILES string of the molecule is COc1ccc(Br)cc1CNCC(O)c1ccco1. The van der Waals surface area contributed by atoms with Crippen LogP contribution in [0.15, 0.2) is 45.5 Å². The van der Waals surface area contributed by atoms with Gasteiger partial charge in [-0.15, -0.1) is 0 Å². The maximum Gasteiger partial charge on any atom is 0.133 e. The Balaban J connectivity index is 1.90. The minimum atomic E-state index is -0.645. The van der Waals surface area contributed by atoms with Gasteiger partial charge in [-0.2, -0.15) is 0 Å². The van der Waals surface area contributed by atoms with E-state index in [0.717, 1.165) is 15.8 Å². The van der Waals surface area contributed by atoms with Crippen molar-refractivity contribution in [3.8, 4) is 5.75 Å². The first-order chi connectivity index (χ1) is 9.20. The normalized spacial score (nSPS) is 12.4. The summed E-state index contributed by atoms with van der Waals surface area (Å²) in [5, 5.41) is 13.1. The molecule has 0 saturated carbocycles. The van der Waals surface area contributed by atoms with E-state index in [1.807, 2.05) is 18.2 Å². The summed E-state index contributed by atoms with van der Waals surface area (Å²) in [6, 6.07) is 9.34. The molecule has 0 fully saturated rings. The van der Waals surface area contributed by atoms with Gasteiger partial charge in [0.2, 0.25) is 0 Å². The van der Waals surface area contributed by atoms with Crippen molar-refractivity contribution >= 4 is 15.9 Å². The van der Waals surface area contributed by atoms with Gasteiger partial charge in [-0.3, -0.25) is 0 Å².